The maximum atomic E-state index is 12.7. The average Bonchev–Trinajstić information content (AvgIpc) is 2.45. The molecule has 23 heavy (non-hydrogen) atoms. The molecule has 1 amide bonds. The minimum Gasteiger partial charge on any atom is -0.326 e. The second kappa shape index (κ2) is 6.19. The zero-order valence-corrected chi connectivity index (χ0v) is 11.6. The lowest BCUT2D eigenvalue weighted by Gasteiger charge is -2.24. The van der Waals surface area contributed by atoms with Crippen LogP contribution in [0.3, 0.4) is 0 Å². The van der Waals surface area contributed by atoms with Gasteiger partial charge in [0.05, 0.1) is 10.8 Å². The number of halogens is 3. The number of ketones is 1. The molecule has 1 aliphatic rings. The van der Waals surface area contributed by atoms with Crippen LogP contribution < -0.4 is 5.32 Å². The summed E-state index contributed by atoms with van der Waals surface area (Å²) >= 11 is 0. The van der Waals surface area contributed by atoms with Gasteiger partial charge in [0.25, 0.3) is 11.6 Å². The van der Waals surface area contributed by atoms with Gasteiger partial charge in [-0.3, -0.25) is 19.7 Å². The van der Waals surface area contributed by atoms with E-state index in [0.29, 0.717) is 0 Å². The van der Waals surface area contributed by atoms with E-state index < -0.39 is 41.5 Å². The fraction of sp³-hybridized carbons (Fsp3) is 0.286. The summed E-state index contributed by atoms with van der Waals surface area (Å²) in [7, 11) is 0. The Morgan fingerprint density at radius 2 is 2.00 bits per heavy atom. The Morgan fingerprint density at radius 3 is 2.61 bits per heavy atom. The summed E-state index contributed by atoms with van der Waals surface area (Å²) in [5, 5.41) is 12.9. The van der Waals surface area contributed by atoms with Gasteiger partial charge in [0.1, 0.15) is 0 Å². The van der Waals surface area contributed by atoms with Crippen molar-refractivity contribution in [3.63, 3.8) is 0 Å². The number of nitro groups is 1. The molecule has 0 radical (unpaired) electrons. The molecule has 0 saturated heterocycles. The lowest BCUT2D eigenvalue weighted by atomic mass is 9.90. The highest BCUT2D eigenvalue weighted by molar-refractivity contribution is 5.98. The quantitative estimate of drug-likeness (QED) is 0.682. The van der Waals surface area contributed by atoms with Crippen molar-refractivity contribution in [3.8, 4) is 0 Å². The minimum absolute atomic E-state index is 0.0818. The Hall–Kier alpha value is -2.71. The van der Waals surface area contributed by atoms with E-state index in [-0.39, 0.29) is 16.9 Å². The number of rotatable bonds is 3. The molecule has 6 nitrogen and oxygen atoms in total. The molecular formula is C14H11F3N2O4. The molecule has 0 aliphatic heterocycles. The van der Waals surface area contributed by atoms with Crippen LogP contribution >= 0.6 is 0 Å². The third kappa shape index (κ3) is 4.15. The molecule has 0 spiro atoms. The standard InChI is InChI=1S/C14H11F3N2O4/c15-14(16,17)9-5-10(7-12(20)6-9)18-13(21)8-2-1-3-11(4-8)19(22)23/h1-4,7,9H,5-6H2,(H,18,21). The molecule has 1 aromatic rings. The van der Waals surface area contributed by atoms with Crippen LogP contribution in [-0.2, 0) is 4.79 Å². The Morgan fingerprint density at radius 1 is 1.30 bits per heavy atom. The molecule has 122 valence electrons. The van der Waals surface area contributed by atoms with Crippen molar-refractivity contribution in [2.75, 3.05) is 0 Å². The normalized spacial score (nSPS) is 18.3. The van der Waals surface area contributed by atoms with Gasteiger partial charge in [0.2, 0.25) is 0 Å². The highest BCUT2D eigenvalue weighted by Gasteiger charge is 2.42. The van der Waals surface area contributed by atoms with E-state index in [2.05, 4.69) is 5.32 Å². The van der Waals surface area contributed by atoms with Crippen molar-refractivity contribution in [1.29, 1.82) is 0 Å². The highest BCUT2D eigenvalue weighted by Crippen LogP contribution is 2.35. The molecule has 0 saturated carbocycles. The van der Waals surface area contributed by atoms with E-state index in [9.17, 15) is 32.9 Å². The van der Waals surface area contributed by atoms with Crippen LogP contribution in [0.25, 0.3) is 0 Å². The Kier molecular flexibility index (Phi) is 4.48. The van der Waals surface area contributed by atoms with Gasteiger partial charge in [0, 0.05) is 35.9 Å². The molecule has 0 heterocycles. The predicted molar refractivity (Wildman–Crippen MR) is 72.4 cm³/mol. The van der Waals surface area contributed by atoms with Crippen LogP contribution in [0.5, 0.6) is 0 Å². The molecule has 9 heteroatoms. The number of amides is 1. The van der Waals surface area contributed by atoms with E-state index in [1.807, 2.05) is 0 Å². The van der Waals surface area contributed by atoms with Gasteiger partial charge >= 0.3 is 6.18 Å². The molecular weight excluding hydrogens is 317 g/mol. The number of hydrogen-bond donors (Lipinski definition) is 1. The van der Waals surface area contributed by atoms with E-state index in [1.54, 1.807) is 0 Å². The summed E-state index contributed by atoms with van der Waals surface area (Å²) in [5.41, 5.74) is -0.554. The number of carbonyl (C=O) groups is 2. The van der Waals surface area contributed by atoms with Crippen molar-refractivity contribution >= 4 is 17.4 Å². The van der Waals surface area contributed by atoms with Crippen molar-refractivity contribution in [2.45, 2.75) is 19.0 Å². The highest BCUT2D eigenvalue weighted by atomic mass is 19.4. The van der Waals surface area contributed by atoms with Gasteiger partial charge in [-0.25, -0.2) is 0 Å². The molecule has 2 rings (SSSR count). The molecule has 1 N–H and O–H groups in total. The lowest BCUT2D eigenvalue weighted by Crippen LogP contribution is -2.33. The smallest absolute Gasteiger partial charge is 0.326 e. The Labute approximate surface area is 128 Å². The molecule has 1 aliphatic carbocycles. The van der Waals surface area contributed by atoms with Gasteiger partial charge in [-0.15, -0.1) is 0 Å². The SMILES string of the molecule is O=C1C=C(NC(=O)c2cccc([N+](=O)[O-])c2)CC(C(F)(F)F)C1. The van der Waals surface area contributed by atoms with Crippen LogP contribution in [0.15, 0.2) is 36.0 Å². The van der Waals surface area contributed by atoms with Crippen LogP contribution in [0.2, 0.25) is 0 Å². The summed E-state index contributed by atoms with van der Waals surface area (Å²) in [6.45, 7) is 0. The molecule has 0 aromatic heterocycles. The number of benzene rings is 1. The minimum atomic E-state index is -4.54. The van der Waals surface area contributed by atoms with Gasteiger partial charge in [0.15, 0.2) is 5.78 Å². The van der Waals surface area contributed by atoms with E-state index in [4.69, 9.17) is 0 Å². The van der Waals surface area contributed by atoms with Gasteiger partial charge < -0.3 is 5.32 Å². The number of alkyl halides is 3. The third-order valence-electron chi connectivity index (χ3n) is 3.31. The number of hydrogen-bond acceptors (Lipinski definition) is 4. The number of nitrogens with zero attached hydrogens (tertiary/aromatic N) is 1. The topological polar surface area (TPSA) is 89.3 Å². The van der Waals surface area contributed by atoms with Crippen LogP contribution in [0.4, 0.5) is 18.9 Å². The van der Waals surface area contributed by atoms with Crippen LogP contribution in [0.1, 0.15) is 23.2 Å². The Balaban J connectivity index is 2.15. The van der Waals surface area contributed by atoms with Gasteiger partial charge in [-0.05, 0) is 12.5 Å². The monoisotopic (exact) mass is 328 g/mol. The molecule has 1 atom stereocenters. The zero-order valence-electron chi connectivity index (χ0n) is 11.6. The molecule has 1 unspecified atom stereocenters. The van der Waals surface area contributed by atoms with Crippen molar-refractivity contribution in [3.05, 3.63) is 51.7 Å². The number of carbonyl (C=O) groups excluding carboxylic acids is 2. The Bertz CT molecular complexity index is 698. The van der Waals surface area contributed by atoms with Crippen molar-refractivity contribution in [1.82, 2.24) is 5.32 Å². The van der Waals surface area contributed by atoms with Crippen molar-refractivity contribution in [2.24, 2.45) is 5.92 Å². The van der Waals surface area contributed by atoms with Gasteiger partial charge in [-0.1, -0.05) is 6.07 Å². The first-order chi connectivity index (χ1) is 10.7. The second-order valence-corrected chi connectivity index (χ2v) is 5.04. The molecule has 0 fully saturated rings. The predicted octanol–water partition coefficient (Wildman–Crippen LogP) is 2.75. The number of nitro benzene ring substituents is 1. The zero-order chi connectivity index (χ0) is 17.2. The van der Waals surface area contributed by atoms with Crippen LogP contribution in [-0.4, -0.2) is 22.8 Å². The van der Waals surface area contributed by atoms with E-state index in [0.717, 1.165) is 12.1 Å². The van der Waals surface area contributed by atoms with Gasteiger partial charge in [-0.2, -0.15) is 13.2 Å². The lowest BCUT2D eigenvalue weighted by molar-refractivity contribution is -0.384. The maximum absolute atomic E-state index is 12.7. The average molecular weight is 328 g/mol. The number of nitrogens with one attached hydrogen (secondary N) is 1. The molecule has 1 aromatic carbocycles. The first-order valence-corrected chi connectivity index (χ1v) is 6.52. The van der Waals surface area contributed by atoms with E-state index >= 15 is 0 Å². The number of non-ortho nitro benzene ring substituents is 1. The molecule has 0 bridgehead atoms. The van der Waals surface area contributed by atoms with E-state index in [1.165, 1.54) is 18.2 Å². The van der Waals surface area contributed by atoms with Crippen molar-refractivity contribution < 1.29 is 27.7 Å². The maximum Gasteiger partial charge on any atom is 0.392 e. The summed E-state index contributed by atoms with van der Waals surface area (Å²) in [6, 6.07) is 4.75. The fourth-order valence-electron chi connectivity index (χ4n) is 2.19. The summed E-state index contributed by atoms with van der Waals surface area (Å²) in [4.78, 5) is 33.3. The fourth-order valence-corrected chi connectivity index (χ4v) is 2.19. The first kappa shape index (κ1) is 16.7. The summed E-state index contributed by atoms with van der Waals surface area (Å²) < 4.78 is 38.2. The summed E-state index contributed by atoms with van der Waals surface area (Å²) in [5.74, 6) is -3.39. The largest absolute Gasteiger partial charge is 0.392 e. The second-order valence-electron chi connectivity index (χ2n) is 5.04. The summed E-state index contributed by atoms with van der Waals surface area (Å²) in [6.07, 6.45) is -4.75. The first-order valence-electron chi connectivity index (χ1n) is 6.52. The van der Waals surface area contributed by atoms with Crippen LogP contribution in [0, 0.1) is 16.0 Å². The third-order valence-corrected chi connectivity index (χ3v) is 3.31. The number of allylic oxidation sites excluding steroid dienone is 2.